The third-order valence-corrected chi connectivity index (χ3v) is 32.0. The monoisotopic (exact) mass is 2060 g/mol. The Morgan fingerprint density at radius 2 is 0.771 bits per heavy atom. The number of amides is 6. The van der Waals surface area contributed by atoms with Crippen molar-refractivity contribution in [2.75, 3.05) is 41.0 Å². The van der Waals surface area contributed by atoms with Crippen LogP contribution < -0.4 is 44.4 Å². The molecule has 13 aliphatic rings. The summed E-state index contributed by atoms with van der Waals surface area (Å²) in [6.45, 7) is 23.1. The number of alkyl halides is 6. The number of nitrogens with zero attached hydrogens (tertiary/aromatic N) is 9. The average Bonchev–Trinajstić information content (AvgIpc) is 1.57. The van der Waals surface area contributed by atoms with E-state index < -0.39 is 181 Å². The van der Waals surface area contributed by atoms with E-state index in [0.717, 1.165) is 12.8 Å². The number of aromatic nitrogens is 6. The van der Waals surface area contributed by atoms with Crippen molar-refractivity contribution in [3.05, 3.63) is 71.7 Å². The summed E-state index contributed by atoms with van der Waals surface area (Å²) in [5.74, 6) is -11.8. The molecule has 9 heterocycles. The minimum Gasteiger partial charge on any atom is -0.540 e. The SMILES string of the molecule is CC[C@@H]1[C@@H]2CN(C(=O)[C@H](C(C)(C)C)NC(=O)O[C@@H]3CC4CC4[C@H]3CCCC3(CC3)C(F)(F)c3nc4ccc(OC)cc4nc3O2)[C@@H]1[C-]=O.COc1ccc2nc3c(nc2c1)O[C@H]1CN(C(=O)[C@H](C(C)(C)C)NC(=O)O[C@@H]2C[C@H]2CCCC2(CC2)C3(F)F)[C@H]([C-]=O)[C@@H]1C.COc1ccc2nc3c(nc2c1)O[C@H]1CN(C(=O)[C@H](C(C)(C)C)NC(=O)O[C@]2(C)C[C@H]2CCCC2(CC2)C3(F)F)[C@H]([C-]=O)[C@@H]1C.[V].[V].[V]. The van der Waals surface area contributed by atoms with E-state index in [1.54, 1.807) is 110 Å². The number of carbonyl (C=O) groups is 6. The first-order valence-corrected chi connectivity index (χ1v) is 48.4. The van der Waals surface area contributed by atoms with Gasteiger partial charge in [0.2, 0.25) is 35.4 Å². The zero-order valence-electron chi connectivity index (χ0n) is 81.9. The van der Waals surface area contributed by atoms with E-state index in [4.69, 9.17) is 42.6 Å². The van der Waals surface area contributed by atoms with Gasteiger partial charge in [0.15, 0.2) is 17.1 Å². The summed E-state index contributed by atoms with van der Waals surface area (Å²) in [5, 5.41) is 8.33. The van der Waals surface area contributed by atoms with Crippen molar-refractivity contribution in [2.24, 2.45) is 79.8 Å². The van der Waals surface area contributed by atoms with Gasteiger partial charge < -0.3 is 87.7 Å². The predicted molar refractivity (Wildman–Crippen MR) is 486 cm³/mol. The molecule has 3 aromatic carbocycles. The molecule has 10 fully saturated rings. The second-order valence-electron chi connectivity index (χ2n) is 44.2. The van der Waals surface area contributed by atoms with Crippen LogP contribution in [0.25, 0.3) is 33.1 Å². The van der Waals surface area contributed by atoms with Crippen molar-refractivity contribution < 1.29 is 168 Å². The summed E-state index contributed by atoms with van der Waals surface area (Å²) in [5.41, 5.74) is -6.60. The number of methoxy groups -OCH3 is 3. The number of carbonyl (C=O) groups excluding carboxylic acids is 9. The molecule has 7 aliphatic carbocycles. The molecular weight excluding hydrogens is 1940 g/mol. The topological polar surface area (TPSA) is 360 Å². The van der Waals surface area contributed by atoms with Gasteiger partial charge in [-0.1, -0.05) is 127 Å². The number of alkyl carbamates (subject to hydrolysis) is 3. The maximum absolute atomic E-state index is 16.9. The van der Waals surface area contributed by atoms with Gasteiger partial charge in [0, 0.05) is 96.0 Å². The van der Waals surface area contributed by atoms with Gasteiger partial charge in [-0.15, -0.1) is 0 Å². The fraction of sp³-hybridized carbons (Fsp3) is 0.673. The molecule has 6 aliphatic heterocycles. The number of rotatable bonds is 7. The Kier molecular flexibility index (Phi) is 30.4. The van der Waals surface area contributed by atoms with Crippen LogP contribution in [0.2, 0.25) is 0 Å². The molecule has 6 aromatic rings. The van der Waals surface area contributed by atoms with Gasteiger partial charge >= 0.3 is 36.0 Å². The summed E-state index contributed by atoms with van der Waals surface area (Å²) in [6.07, 6.45) is 10.5. The van der Waals surface area contributed by atoms with Gasteiger partial charge in [-0.25, -0.2) is 63.1 Å². The van der Waals surface area contributed by atoms with Crippen LogP contribution in [-0.2, 0) is 116 Å². The molecule has 3 aromatic heterocycles. The van der Waals surface area contributed by atoms with Gasteiger partial charge in [0.1, 0.15) is 71.5 Å². The molecule has 3 N–H and O–H groups in total. The van der Waals surface area contributed by atoms with E-state index in [1.165, 1.54) is 36.0 Å². The Balaban J connectivity index is 0.000000166. The number of ether oxygens (including phenoxy) is 9. The molecule has 6 amide bonds. The zero-order valence-corrected chi connectivity index (χ0v) is 86.1. The summed E-state index contributed by atoms with van der Waals surface area (Å²) in [4.78, 5) is 150. The molecule has 2 unspecified atom stereocenters. The molecule has 3 saturated heterocycles. The van der Waals surface area contributed by atoms with Crippen molar-refractivity contribution in [1.82, 2.24) is 60.6 Å². The van der Waals surface area contributed by atoms with Gasteiger partial charge in [-0.3, -0.25) is 14.4 Å². The smallest absolute Gasteiger partial charge is 0.408 e. The minimum absolute atomic E-state index is 0. The van der Waals surface area contributed by atoms with Crippen molar-refractivity contribution in [1.29, 1.82) is 0 Å². The standard InChI is InChI=1S/C36H45F2N4O6.C33H41F2N4O6.C32H39F2N4O6.3V/c1-6-21-26(18-43)42-17-28(21)47-31-29(39-24-10-9-20(46-5)16-25(24)40-31)36(37,38)35(12-13-35)11-7-8-22-23-14-19(23)15-27(22)48-33(45)41-30(32(42)44)34(2,3)4;1-18-23(17-40)39-16-24(18)44-27-25(36-21-10-9-20(43-6)14-22(21)37-27)33(34,35)32(12-13-32)11-7-8-19-15-31(19,5)45-29(42)38-26(28(39)41)30(2,3)4;1-17-22(16-39)38-15-24(17)43-27-25(35-20-9-8-19(42-5)14-21(20)36-27)32(33,34)31(11-12-31)10-6-7-18-13-23(18)44-29(41)37-26(28(38)40)30(2,3)4;;;/h9-10,16,19,21-23,26-28,30H,6-8,11-15,17H2,1-5H3,(H,41,45);9-10,14,18-19,23-24,26H,7-8,11-13,15-16H2,1-6H3,(H,38,42);8-9,14,17-18,22-24,26H,6-7,10-13,15H2,1-5H3,(H,37,41);;;/q3*-1;;;/t19?,21-,22+,23?,26+,27+,28-,30+;18-,19+,23+,24-,26+,31+;17-,18+,22+,23+,24-,26+;;;/m000.../s1. The van der Waals surface area contributed by atoms with Gasteiger partial charge in [0.25, 0.3) is 0 Å². The van der Waals surface area contributed by atoms with E-state index in [2.05, 4.69) is 45.9 Å². The Labute approximate surface area is 846 Å². The molecule has 19 rings (SSSR count). The van der Waals surface area contributed by atoms with E-state index in [9.17, 15) is 43.2 Å². The fourth-order valence-electron chi connectivity index (χ4n) is 22.4. The number of halogens is 6. The molecule has 3 spiro atoms. The third-order valence-electron chi connectivity index (χ3n) is 32.0. The van der Waals surface area contributed by atoms with Crippen LogP contribution in [0.3, 0.4) is 0 Å². The van der Waals surface area contributed by atoms with E-state index in [0.29, 0.717) is 154 Å². The Bertz CT molecular complexity index is 5710. The normalized spacial score (nSPS) is 32.1. The van der Waals surface area contributed by atoms with Crippen molar-refractivity contribution in [3.63, 3.8) is 0 Å². The summed E-state index contributed by atoms with van der Waals surface area (Å²) in [6, 6.07) is 8.39. The van der Waals surface area contributed by atoms with E-state index in [1.807, 2.05) is 53.5 Å². The summed E-state index contributed by atoms with van der Waals surface area (Å²) in [7, 11) is 4.50. The van der Waals surface area contributed by atoms with Gasteiger partial charge in [0.05, 0.1) is 74.1 Å². The number of hydrogen-bond acceptors (Lipinski definition) is 24. The second kappa shape index (κ2) is 39.9. The minimum atomic E-state index is -3.36. The fourth-order valence-corrected chi connectivity index (χ4v) is 22.4. The zero-order chi connectivity index (χ0) is 98.3. The molecule has 20 atom stereocenters. The van der Waals surface area contributed by atoms with E-state index in [-0.39, 0.29) is 147 Å². The first kappa shape index (κ1) is 107. The van der Waals surface area contributed by atoms with Crippen LogP contribution in [0.5, 0.6) is 34.9 Å². The maximum Gasteiger partial charge on any atom is 0.408 e. The van der Waals surface area contributed by atoms with Crippen LogP contribution in [0.4, 0.5) is 40.7 Å². The largest absolute Gasteiger partial charge is 0.540 e. The molecule has 30 nitrogen and oxygen atoms in total. The van der Waals surface area contributed by atoms with E-state index >= 15 is 26.3 Å². The first-order valence-electron chi connectivity index (χ1n) is 48.4. The van der Waals surface area contributed by atoms with Crippen LogP contribution >= 0.6 is 0 Å². The molecule has 6 bridgehead atoms. The number of hydrogen-bond donors (Lipinski definition) is 3. The Morgan fingerprint density at radius 3 is 1.14 bits per heavy atom. The van der Waals surface area contributed by atoms with Gasteiger partial charge in [-0.2, -0.15) is 26.3 Å². The number of benzene rings is 3. The number of nitrogens with one attached hydrogen (secondary N) is 3. The second-order valence-corrected chi connectivity index (χ2v) is 44.2. The van der Waals surface area contributed by atoms with Crippen LogP contribution in [-0.4, -0.2) is 213 Å². The van der Waals surface area contributed by atoms with Crippen molar-refractivity contribution >= 4 is 88.0 Å². The molecule has 140 heavy (non-hydrogen) atoms. The first-order chi connectivity index (χ1) is 64.7. The predicted octanol–water partition coefficient (Wildman–Crippen LogP) is 16.2. The molecule has 39 heteroatoms. The van der Waals surface area contributed by atoms with Crippen LogP contribution in [0, 0.1) is 79.8 Å². The van der Waals surface area contributed by atoms with Gasteiger partial charge in [-0.05, 0) is 204 Å². The Hall–Kier alpha value is -8.96. The molecule has 3 radical (unpaired) electrons. The van der Waals surface area contributed by atoms with Crippen molar-refractivity contribution in [2.45, 2.75) is 309 Å². The average molecular weight is 2060 g/mol. The third kappa shape index (κ3) is 20.5. The van der Waals surface area contributed by atoms with Crippen LogP contribution in [0.15, 0.2) is 54.6 Å². The molecular formula is C101H125F6N12O18V3-3. The summed E-state index contributed by atoms with van der Waals surface area (Å²) < 4.78 is 153. The molecule has 757 valence electrons. The summed E-state index contributed by atoms with van der Waals surface area (Å²) >= 11 is 0. The maximum atomic E-state index is 16.9. The number of fused-ring (bicyclic) bond motifs is 17. The van der Waals surface area contributed by atoms with Crippen LogP contribution in [0.1, 0.15) is 236 Å². The quantitative estimate of drug-likeness (QED) is 0.0759. The Morgan fingerprint density at radius 1 is 0.421 bits per heavy atom. The molecule has 7 saturated carbocycles. The van der Waals surface area contributed by atoms with Crippen molar-refractivity contribution in [3.8, 4) is 34.9 Å².